The van der Waals surface area contributed by atoms with Crippen LogP contribution in [0.25, 0.3) is 11.0 Å². The van der Waals surface area contributed by atoms with Crippen LogP contribution < -0.4 is 0 Å². The molecule has 1 aliphatic heterocycles. The predicted octanol–water partition coefficient (Wildman–Crippen LogP) is 2.43. The highest BCUT2D eigenvalue weighted by atomic mass is 35.5. The number of amides is 1. The van der Waals surface area contributed by atoms with Crippen LogP contribution in [-0.2, 0) is 10.2 Å². The highest BCUT2D eigenvalue weighted by molar-refractivity contribution is 7.86. The summed E-state index contributed by atoms with van der Waals surface area (Å²) in [5, 5.41) is 1.34. The van der Waals surface area contributed by atoms with E-state index in [1.165, 1.54) is 8.61 Å². The number of hydrogen-bond donors (Lipinski definition) is 0. The van der Waals surface area contributed by atoms with Gasteiger partial charge in [0, 0.05) is 49.7 Å². The molecule has 0 N–H and O–H groups in total. The third kappa shape index (κ3) is 3.59. The van der Waals surface area contributed by atoms with Crippen molar-refractivity contribution in [1.29, 1.82) is 0 Å². The summed E-state index contributed by atoms with van der Waals surface area (Å²) < 4.78 is 33.6. The van der Waals surface area contributed by atoms with Gasteiger partial charge in [0.15, 0.2) is 5.76 Å². The standard InChI is InChI=1S/C17H22ClN3O4S/c1-3-20(4-2)26(23,24)21-9-7-19(8-10-21)17(22)16-12-13-11-14(18)5-6-15(13)25-16/h5-6,11-12H,3-4,7-10H2,1-2H3. The Morgan fingerprint density at radius 1 is 1.15 bits per heavy atom. The highest BCUT2D eigenvalue weighted by Gasteiger charge is 2.33. The second-order valence-electron chi connectivity index (χ2n) is 6.08. The third-order valence-electron chi connectivity index (χ3n) is 4.57. The number of rotatable bonds is 5. The smallest absolute Gasteiger partial charge is 0.289 e. The maximum atomic E-state index is 12.7. The van der Waals surface area contributed by atoms with Crippen molar-refractivity contribution in [1.82, 2.24) is 13.5 Å². The van der Waals surface area contributed by atoms with Gasteiger partial charge in [0.05, 0.1) is 0 Å². The van der Waals surface area contributed by atoms with Gasteiger partial charge in [-0.15, -0.1) is 0 Å². The lowest BCUT2D eigenvalue weighted by Crippen LogP contribution is -2.54. The average molecular weight is 400 g/mol. The molecule has 0 spiro atoms. The molecular weight excluding hydrogens is 378 g/mol. The molecule has 0 bridgehead atoms. The van der Waals surface area contributed by atoms with Crippen LogP contribution in [0.15, 0.2) is 28.7 Å². The molecule has 1 fully saturated rings. The number of halogens is 1. The number of nitrogens with zero attached hydrogens (tertiary/aromatic N) is 3. The number of carbonyl (C=O) groups excluding carboxylic acids is 1. The highest BCUT2D eigenvalue weighted by Crippen LogP contribution is 2.24. The fourth-order valence-corrected chi connectivity index (χ4v) is 4.90. The maximum Gasteiger partial charge on any atom is 0.289 e. The monoisotopic (exact) mass is 399 g/mol. The maximum absolute atomic E-state index is 12.7. The Bertz CT molecular complexity index is 900. The van der Waals surface area contributed by atoms with E-state index in [-0.39, 0.29) is 24.8 Å². The first-order valence-corrected chi connectivity index (χ1v) is 10.4. The number of carbonyl (C=O) groups is 1. The van der Waals surface area contributed by atoms with Gasteiger partial charge in [-0.2, -0.15) is 17.0 Å². The van der Waals surface area contributed by atoms with Crippen LogP contribution in [0.4, 0.5) is 0 Å². The summed E-state index contributed by atoms with van der Waals surface area (Å²) >= 11 is 5.96. The topological polar surface area (TPSA) is 74.1 Å². The van der Waals surface area contributed by atoms with Crippen LogP contribution in [0.5, 0.6) is 0 Å². The SMILES string of the molecule is CCN(CC)S(=O)(=O)N1CCN(C(=O)c2cc3cc(Cl)ccc3o2)CC1. The largest absolute Gasteiger partial charge is 0.451 e. The van der Waals surface area contributed by atoms with E-state index in [2.05, 4.69) is 0 Å². The minimum Gasteiger partial charge on any atom is -0.451 e. The number of hydrogen-bond acceptors (Lipinski definition) is 4. The molecule has 1 aliphatic rings. The fourth-order valence-electron chi connectivity index (χ4n) is 3.11. The van der Waals surface area contributed by atoms with E-state index in [0.29, 0.717) is 36.8 Å². The summed E-state index contributed by atoms with van der Waals surface area (Å²) in [4.78, 5) is 14.3. The van der Waals surface area contributed by atoms with Gasteiger partial charge in [-0.25, -0.2) is 0 Å². The van der Waals surface area contributed by atoms with Crippen LogP contribution in [0.2, 0.25) is 5.02 Å². The lowest BCUT2D eigenvalue weighted by molar-refractivity contribution is 0.0665. The number of fused-ring (bicyclic) bond motifs is 1. The van der Waals surface area contributed by atoms with Crippen molar-refractivity contribution in [2.24, 2.45) is 0 Å². The van der Waals surface area contributed by atoms with E-state index >= 15 is 0 Å². The van der Waals surface area contributed by atoms with Gasteiger partial charge in [0.2, 0.25) is 0 Å². The van der Waals surface area contributed by atoms with E-state index in [1.807, 2.05) is 13.8 Å². The van der Waals surface area contributed by atoms with Crippen LogP contribution >= 0.6 is 11.6 Å². The summed E-state index contributed by atoms with van der Waals surface area (Å²) in [5.41, 5.74) is 0.598. The zero-order valence-electron chi connectivity index (χ0n) is 14.8. The molecule has 0 radical (unpaired) electrons. The molecule has 1 saturated heterocycles. The normalized spacial score (nSPS) is 16.5. The second-order valence-corrected chi connectivity index (χ2v) is 8.44. The average Bonchev–Trinajstić information content (AvgIpc) is 3.05. The summed E-state index contributed by atoms with van der Waals surface area (Å²) in [7, 11) is -3.47. The summed E-state index contributed by atoms with van der Waals surface area (Å²) in [6, 6.07) is 6.84. The molecule has 0 aliphatic carbocycles. The third-order valence-corrected chi connectivity index (χ3v) is 6.99. The van der Waals surface area contributed by atoms with E-state index in [1.54, 1.807) is 29.2 Å². The zero-order chi connectivity index (χ0) is 18.9. The number of benzene rings is 1. The molecule has 3 rings (SSSR count). The molecule has 7 nitrogen and oxygen atoms in total. The number of furan rings is 1. The van der Waals surface area contributed by atoms with Gasteiger partial charge in [-0.3, -0.25) is 4.79 Å². The van der Waals surface area contributed by atoms with E-state index < -0.39 is 10.2 Å². The first kappa shape index (κ1) is 19.2. The minimum atomic E-state index is -3.47. The van der Waals surface area contributed by atoms with Gasteiger partial charge < -0.3 is 9.32 Å². The number of piperazine rings is 1. The zero-order valence-corrected chi connectivity index (χ0v) is 16.4. The Labute approximate surface area is 158 Å². The Kier molecular flexibility index (Phi) is 5.57. The van der Waals surface area contributed by atoms with E-state index in [9.17, 15) is 13.2 Å². The molecule has 0 atom stereocenters. The van der Waals surface area contributed by atoms with Crippen molar-refractivity contribution in [3.8, 4) is 0 Å². The van der Waals surface area contributed by atoms with Gasteiger partial charge in [0.1, 0.15) is 5.58 Å². The Hall–Kier alpha value is -1.61. The van der Waals surface area contributed by atoms with Crippen LogP contribution in [-0.4, -0.2) is 67.1 Å². The molecule has 142 valence electrons. The molecule has 0 unspecified atom stereocenters. The molecular formula is C17H22ClN3O4S. The Morgan fingerprint density at radius 3 is 2.42 bits per heavy atom. The summed E-state index contributed by atoms with van der Waals surface area (Å²) in [5.74, 6) is -0.000439. The first-order valence-electron chi connectivity index (χ1n) is 8.60. The Balaban J connectivity index is 1.70. The van der Waals surface area contributed by atoms with Crippen molar-refractivity contribution in [3.63, 3.8) is 0 Å². The Morgan fingerprint density at radius 2 is 1.81 bits per heavy atom. The molecule has 1 aromatic carbocycles. The van der Waals surface area contributed by atoms with Gasteiger partial charge in [-0.1, -0.05) is 25.4 Å². The minimum absolute atomic E-state index is 0.238. The van der Waals surface area contributed by atoms with Crippen molar-refractivity contribution in [2.45, 2.75) is 13.8 Å². The fraction of sp³-hybridized carbons (Fsp3) is 0.471. The molecule has 1 amide bonds. The molecule has 0 saturated carbocycles. The van der Waals surface area contributed by atoms with Crippen LogP contribution in [0.3, 0.4) is 0 Å². The lowest BCUT2D eigenvalue weighted by atomic mass is 10.2. The molecule has 2 aromatic rings. The lowest BCUT2D eigenvalue weighted by Gasteiger charge is -2.35. The van der Waals surface area contributed by atoms with Gasteiger partial charge in [-0.05, 0) is 24.3 Å². The molecule has 2 heterocycles. The quantitative estimate of drug-likeness (QED) is 0.773. The van der Waals surface area contributed by atoms with Crippen molar-refractivity contribution >= 4 is 38.7 Å². The summed E-state index contributed by atoms with van der Waals surface area (Å²) in [6.45, 7) is 5.70. The van der Waals surface area contributed by atoms with Gasteiger partial charge >= 0.3 is 0 Å². The molecule has 1 aromatic heterocycles. The van der Waals surface area contributed by atoms with Crippen molar-refractivity contribution in [2.75, 3.05) is 39.3 Å². The van der Waals surface area contributed by atoms with Crippen molar-refractivity contribution < 1.29 is 17.6 Å². The van der Waals surface area contributed by atoms with Crippen LogP contribution in [0, 0.1) is 0 Å². The summed E-state index contributed by atoms with van der Waals surface area (Å²) in [6.07, 6.45) is 0. The second kappa shape index (κ2) is 7.56. The van der Waals surface area contributed by atoms with Crippen molar-refractivity contribution in [3.05, 3.63) is 35.0 Å². The van der Waals surface area contributed by atoms with E-state index in [4.69, 9.17) is 16.0 Å². The predicted molar refractivity (Wildman–Crippen MR) is 101 cm³/mol. The first-order chi connectivity index (χ1) is 12.4. The van der Waals surface area contributed by atoms with Gasteiger partial charge in [0.25, 0.3) is 16.1 Å². The molecule has 9 heteroatoms. The van der Waals surface area contributed by atoms with Crippen LogP contribution in [0.1, 0.15) is 24.4 Å². The molecule has 26 heavy (non-hydrogen) atoms. The van der Waals surface area contributed by atoms with E-state index in [0.717, 1.165) is 5.39 Å².